The average Bonchev–Trinajstić information content (AvgIpc) is 2.17. The molecule has 16 heavy (non-hydrogen) atoms. The summed E-state index contributed by atoms with van der Waals surface area (Å²) in [6.45, 7) is 1.66. The van der Waals surface area contributed by atoms with Crippen LogP contribution in [0.4, 0.5) is 0 Å². The number of carbonyl (C=O) groups excluding carboxylic acids is 1. The zero-order valence-corrected chi connectivity index (χ0v) is 9.75. The van der Waals surface area contributed by atoms with Crippen LogP contribution in [0.15, 0.2) is 0 Å². The molecule has 0 bridgehead atoms. The van der Waals surface area contributed by atoms with Crippen LogP contribution in [0.1, 0.15) is 13.3 Å². The third kappa shape index (κ3) is 6.95. The van der Waals surface area contributed by atoms with E-state index in [4.69, 9.17) is 10.4 Å². The number of amides is 1. The van der Waals surface area contributed by atoms with Gasteiger partial charge in [0.2, 0.25) is 5.91 Å². The van der Waals surface area contributed by atoms with Gasteiger partial charge in [0.25, 0.3) is 0 Å². The Hall–Kier alpha value is -1.42. The molecule has 1 amide bonds. The van der Waals surface area contributed by atoms with Gasteiger partial charge in [0, 0.05) is 23.1 Å². The molecule has 0 rings (SSSR count). The highest BCUT2D eigenvalue weighted by atomic mass is 32.2. The summed E-state index contributed by atoms with van der Waals surface area (Å²) >= 11 is 0. The Morgan fingerprint density at radius 3 is 2.69 bits per heavy atom. The molecule has 0 aromatic rings. The fourth-order valence-electron chi connectivity index (χ4n) is 0.864. The van der Waals surface area contributed by atoms with E-state index < -0.39 is 28.6 Å². The maximum atomic E-state index is 11.3. The van der Waals surface area contributed by atoms with E-state index in [9.17, 15) is 13.8 Å². The van der Waals surface area contributed by atoms with Gasteiger partial charge in [-0.25, -0.2) is 0 Å². The number of carboxylic acids is 1. The van der Waals surface area contributed by atoms with Gasteiger partial charge < -0.3 is 10.4 Å². The summed E-state index contributed by atoms with van der Waals surface area (Å²) in [4.78, 5) is 21.6. The SMILES string of the molecule is CC(CS(=O)CC(=O)NCCC#N)C(=O)O. The molecule has 0 saturated heterocycles. The number of nitrogens with one attached hydrogen (secondary N) is 1. The highest BCUT2D eigenvalue weighted by Gasteiger charge is 2.16. The maximum Gasteiger partial charge on any atom is 0.307 e. The molecule has 0 saturated carbocycles. The highest BCUT2D eigenvalue weighted by molar-refractivity contribution is 7.85. The first kappa shape index (κ1) is 14.6. The number of hydrogen-bond donors (Lipinski definition) is 2. The summed E-state index contributed by atoms with van der Waals surface area (Å²) in [5.41, 5.74) is 0. The van der Waals surface area contributed by atoms with Gasteiger partial charge in [-0.2, -0.15) is 5.26 Å². The van der Waals surface area contributed by atoms with Crippen molar-refractivity contribution in [2.45, 2.75) is 13.3 Å². The Kier molecular flexibility index (Phi) is 7.12. The normalized spacial score (nSPS) is 13.5. The lowest BCUT2D eigenvalue weighted by Crippen LogP contribution is -2.31. The molecule has 0 fully saturated rings. The minimum absolute atomic E-state index is 0.0407. The molecule has 2 atom stereocenters. The second kappa shape index (κ2) is 7.82. The number of carboxylic acid groups (broad SMARTS) is 1. The van der Waals surface area contributed by atoms with Crippen LogP contribution in [0.2, 0.25) is 0 Å². The minimum Gasteiger partial charge on any atom is -0.481 e. The highest BCUT2D eigenvalue weighted by Crippen LogP contribution is 1.98. The van der Waals surface area contributed by atoms with Gasteiger partial charge in [-0.05, 0) is 0 Å². The van der Waals surface area contributed by atoms with Crippen molar-refractivity contribution in [2.75, 3.05) is 18.1 Å². The van der Waals surface area contributed by atoms with Gasteiger partial charge in [-0.3, -0.25) is 13.8 Å². The van der Waals surface area contributed by atoms with Gasteiger partial charge in [-0.1, -0.05) is 6.92 Å². The Morgan fingerprint density at radius 1 is 1.56 bits per heavy atom. The zero-order valence-electron chi connectivity index (χ0n) is 8.93. The van der Waals surface area contributed by atoms with Crippen LogP contribution >= 0.6 is 0 Å². The smallest absolute Gasteiger partial charge is 0.307 e. The van der Waals surface area contributed by atoms with Crippen LogP contribution in [0.3, 0.4) is 0 Å². The van der Waals surface area contributed by atoms with E-state index in [1.165, 1.54) is 6.92 Å². The molecule has 90 valence electrons. The number of aliphatic carboxylic acids is 1. The molecular formula is C9H14N2O4S. The van der Waals surface area contributed by atoms with Crippen molar-refractivity contribution in [3.63, 3.8) is 0 Å². The Morgan fingerprint density at radius 2 is 2.19 bits per heavy atom. The molecular weight excluding hydrogens is 232 g/mol. The third-order valence-electron chi connectivity index (χ3n) is 1.71. The van der Waals surface area contributed by atoms with Crippen molar-refractivity contribution in [1.29, 1.82) is 5.26 Å². The zero-order chi connectivity index (χ0) is 12.6. The van der Waals surface area contributed by atoms with Crippen LogP contribution in [-0.4, -0.2) is 39.2 Å². The van der Waals surface area contributed by atoms with Crippen LogP contribution in [0, 0.1) is 17.2 Å². The number of nitrogens with zero attached hydrogens (tertiary/aromatic N) is 1. The number of rotatable bonds is 7. The van der Waals surface area contributed by atoms with Gasteiger partial charge in [0.05, 0.1) is 18.4 Å². The fourth-order valence-corrected chi connectivity index (χ4v) is 2.08. The van der Waals surface area contributed by atoms with Crippen LogP contribution in [-0.2, 0) is 20.4 Å². The minimum atomic E-state index is -1.48. The predicted molar refractivity (Wildman–Crippen MR) is 57.9 cm³/mol. The summed E-state index contributed by atoms with van der Waals surface area (Å²) in [5.74, 6) is -2.44. The lowest BCUT2D eigenvalue weighted by atomic mass is 10.2. The van der Waals surface area contributed by atoms with Crippen molar-refractivity contribution in [3.8, 4) is 6.07 Å². The molecule has 7 heteroatoms. The molecule has 0 aromatic carbocycles. The van der Waals surface area contributed by atoms with Crippen LogP contribution in [0.25, 0.3) is 0 Å². The number of nitriles is 1. The van der Waals surface area contributed by atoms with Crippen LogP contribution < -0.4 is 5.32 Å². The van der Waals surface area contributed by atoms with Crippen molar-refractivity contribution < 1.29 is 18.9 Å². The molecule has 0 aliphatic rings. The van der Waals surface area contributed by atoms with Crippen molar-refractivity contribution >= 4 is 22.7 Å². The molecule has 6 nitrogen and oxygen atoms in total. The van der Waals surface area contributed by atoms with Crippen molar-refractivity contribution in [2.24, 2.45) is 5.92 Å². The van der Waals surface area contributed by atoms with Gasteiger partial charge >= 0.3 is 5.97 Å². The van der Waals surface area contributed by atoms with Crippen molar-refractivity contribution in [1.82, 2.24) is 5.32 Å². The Balaban J connectivity index is 3.83. The van der Waals surface area contributed by atoms with Crippen LogP contribution in [0.5, 0.6) is 0 Å². The van der Waals surface area contributed by atoms with E-state index in [1.54, 1.807) is 0 Å². The Labute approximate surface area is 96.1 Å². The Bertz CT molecular complexity index is 324. The van der Waals surface area contributed by atoms with Crippen molar-refractivity contribution in [3.05, 3.63) is 0 Å². The van der Waals surface area contributed by atoms with E-state index in [2.05, 4.69) is 5.32 Å². The molecule has 0 aliphatic carbocycles. The second-order valence-electron chi connectivity index (χ2n) is 3.25. The summed E-state index contributed by atoms with van der Waals surface area (Å²) < 4.78 is 11.3. The number of hydrogen-bond acceptors (Lipinski definition) is 4. The first-order valence-corrected chi connectivity index (χ1v) is 6.17. The largest absolute Gasteiger partial charge is 0.481 e. The quantitative estimate of drug-likeness (QED) is 0.588. The van der Waals surface area contributed by atoms with E-state index in [-0.39, 0.29) is 24.5 Å². The molecule has 0 spiro atoms. The standard InChI is InChI=1S/C9H14N2O4S/c1-7(9(13)14)5-16(15)6-8(12)11-4-2-3-10/h7H,2,4-6H2,1H3,(H,11,12)(H,13,14). The number of carbonyl (C=O) groups is 2. The summed E-state index contributed by atoms with van der Waals surface area (Å²) in [6.07, 6.45) is 0.198. The van der Waals surface area contributed by atoms with Gasteiger partial charge in [0.15, 0.2) is 0 Å². The first-order chi connectivity index (χ1) is 7.47. The third-order valence-corrected chi connectivity index (χ3v) is 3.16. The fraction of sp³-hybridized carbons (Fsp3) is 0.667. The van der Waals surface area contributed by atoms with E-state index in [0.717, 1.165) is 0 Å². The topological polar surface area (TPSA) is 107 Å². The second-order valence-corrected chi connectivity index (χ2v) is 4.75. The van der Waals surface area contributed by atoms with Gasteiger partial charge in [-0.15, -0.1) is 0 Å². The maximum absolute atomic E-state index is 11.3. The first-order valence-electron chi connectivity index (χ1n) is 4.68. The monoisotopic (exact) mass is 246 g/mol. The summed E-state index contributed by atoms with van der Waals surface area (Å²) in [7, 11) is -1.48. The summed E-state index contributed by atoms with van der Waals surface area (Å²) in [5, 5.41) is 19.2. The molecule has 2 N–H and O–H groups in total. The molecule has 0 heterocycles. The molecule has 0 aromatic heterocycles. The lowest BCUT2D eigenvalue weighted by molar-refractivity contribution is -0.140. The van der Waals surface area contributed by atoms with E-state index in [0.29, 0.717) is 0 Å². The lowest BCUT2D eigenvalue weighted by Gasteiger charge is -2.06. The van der Waals surface area contributed by atoms with Gasteiger partial charge in [0.1, 0.15) is 5.75 Å². The van der Waals surface area contributed by atoms with E-state index in [1.807, 2.05) is 6.07 Å². The average molecular weight is 246 g/mol. The molecule has 0 radical (unpaired) electrons. The molecule has 2 unspecified atom stereocenters. The van der Waals surface area contributed by atoms with E-state index >= 15 is 0 Å². The molecule has 0 aliphatic heterocycles. The summed E-state index contributed by atoms with van der Waals surface area (Å²) in [6, 6.07) is 1.86. The predicted octanol–water partition coefficient (Wildman–Crippen LogP) is -0.514.